The van der Waals surface area contributed by atoms with Crippen LogP contribution in [0.3, 0.4) is 0 Å². The first kappa shape index (κ1) is 6.81. The lowest BCUT2D eigenvalue weighted by molar-refractivity contribution is 0.588. The molecule has 0 aromatic carbocycles. The molecule has 3 heteroatoms. The van der Waals surface area contributed by atoms with Crippen molar-refractivity contribution in [3.63, 3.8) is 0 Å². The summed E-state index contributed by atoms with van der Waals surface area (Å²) in [6, 6.07) is 0. The first-order valence-corrected chi connectivity index (χ1v) is 4.90. The van der Waals surface area contributed by atoms with Gasteiger partial charge >= 0.3 is 0 Å². The predicted octanol–water partition coefficient (Wildman–Crippen LogP) is 0.750. The van der Waals surface area contributed by atoms with Gasteiger partial charge in [-0.1, -0.05) is 12.2 Å². The van der Waals surface area contributed by atoms with E-state index in [0.717, 1.165) is 0 Å². The summed E-state index contributed by atoms with van der Waals surface area (Å²) in [4.78, 5) is 0. The highest BCUT2D eigenvalue weighted by molar-refractivity contribution is 7.91. The van der Waals surface area contributed by atoms with Gasteiger partial charge in [0.05, 0.1) is 5.25 Å². The molecule has 0 heterocycles. The molecule has 0 amide bonds. The average molecular weight is 146 g/mol. The van der Waals surface area contributed by atoms with Crippen molar-refractivity contribution in [3.8, 4) is 0 Å². The maximum Gasteiger partial charge on any atom is 0.150 e. The Morgan fingerprint density at radius 1 is 1.33 bits per heavy atom. The van der Waals surface area contributed by atoms with Crippen LogP contribution in [0.15, 0.2) is 12.2 Å². The zero-order valence-corrected chi connectivity index (χ0v) is 6.19. The van der Waals surface area contributed by atoms with Gasteiger partial charge in [0.15, 0.2) is 9.84 Å². The van der Waals surface area contributed by atoms with Crippen molar-refractivity contribution >= 4 is 9.84 Å². The molecule has 0 saturated heterocycles. The van der Waals surface area contributed by atoms with Gasteiger partial charge in [0.25, 0.3) is 0 Å². The zero-order valence-electron chi connectivity index (χ0n) is 5.37. The highest BCUT2D eigenvalue weighted by Gasteiger charge is 2.20. The molecule has 0 bridgehead atoms. The number of sulfone groups is 1. The SMILES string of the molecule is CS(=O)(=O)C1CC=CC1. The highest BCUT2D eigenvalue weighted by atomic mass is 32.2. The van der Waals surface area contributed by atoms with E-state index in [0.29, 0.717) is 12.8 Å². The molecular formula is C6H10O2S. The molecule has 2 nitrogen and oxygen atoms in total. The largest absolute Gasteiger partial charge is 0.229 e. The van der Waals surface area contributed by atoms with Crippen molar-refractivity contribution in [3.05, 3.63) is 12.2 Å². The van der Waals surface area contributed by atoms with Gasteiger partial charge in [-0.3, -0.25) is 0 Å². The van der Waals surface area contributed by atoms with Crippen LogP contribution in [-0.2, 0) is 9.84 Å². The summed E-state index contributed by atoms with van der Waals surface area (Å²) in [5.41, 5.74) is 0. The minimum absolute atomic E-state index is 0.127. The number of hydrogen-bond donors (Lipinski definition) is 0. The van der Waals surface area contributed by atoms with E-state index in [1.54, 1.807) is 0 Å². The van der Waals surface area contributed by atoms with Crippen LogP contribution in [0.1, 0.15) is 12.8 Å². The molecule has 0 unspecified atom stereocenters. The molecule has 0 saturated carbocycles. The minimum Gasteiger partial charge on any atom is -0.229 e. The Kier molecular flexibility index (Phi) is 1.62. The maximum atomic E-state index is 10.8. The normalized spacial score (nSPS) is 21.0. The molecule has 1 aliphatic carbocycles. The molecule has 0 aromatic rings. The quantitative estimate of drug-likeness (QED) is 0.511. The van der Waals surface area contributed by atoms with Gasteiger partial charge in [-0.2, -0.15) is 0 Å². The molecule has 1 rings (SSSR count). The van der Waals surface area contributed by atoms with E-state index in [1.165, 1.54) is 6.26 Å². The van der Waals surface area contributed by atoms with E-state index in [2.05, 4.69) is 0 Å². The van der Waals surface area contributed by atoms with Crippen molar-refractivity contribution in [2.24, 2.45) is 0 Å². The van der Waals surface area contributed by atoms with Gasteiger partial charge < -0.3 is 0 Å². The summed E-state index contributed by atoms with van der Waals surface area (Å²) in [7, 11) is -2.77. The van der Waals surface area contributed by atoms with Crippen molar-refractivity contribution < 1.29 is 8.42 Å². The average Bonchev–Trinajstić information content (AvgIpc) is 2.08. The van der Waals surface area contributed by atoms with Gasteiger partial charge in [-0.05, 0) is 12.8 Å². The molecule has 9 heavy (non-hydrogen) atoms. The summed E-state index contributed by atoms with van der Waals surface area (Å²) in [5.74, 6) is 0. The van der Waals surface area contributed by atoms with Gasteiger partial charge in [0.1, 0.15) is 0 Å². The molecule has 0 aliphatic heterocycles. The fourth-order valence-electron chi connectivity index (χ4n) is 0.942. The summed E-state index contributed by atoms with van der Waals surface area (Å²) in [5, 5.41) is -0.127. The molecular weight excluding hydrogens is 136 g/mol. The molecule has 52 valence electrons. The van der Waals surface area contributed by atoms with Crippen molar-refractivity contribution in [1.29, 1.82) is 0 Å². The van der Waals surface area contributed by atoms with Gasteiger partial charge in [0.2, 0.25) is 0 Å². The Bertz CT molecular complexity index is 205. The molecule has 0 atom stereocenters. The van der Waals surface area contributed by atoms with Gasteiger partial charge in [-0.15, -0.1) is 0 Å². The number of allylic oxidation sites excluding steroid dienone is 2. The lowest BCUT2D eigenvalue weighted by Crippen LogP contribution is -2.15. The van der Waals surface area contributed by atoms with E-state index in [1.807, 2.05) is 12.2 Å². The predicted molar refractivity (Wildman–Crippen MR) is 37.0 cm³/mol. The van der Waals surface area contributed by atoms with Crippen LogP contribution in [0.25, 0.3) is 0 Å². The third-order valence-electron chi connectivity index (χ3n) is 1.57. The van der Waals surface area contributed by atoms with Crippen LogP contribution >= 0.6 is 0 Å². The number of rotatable bonds is 1. The van der Waals surface area contributed by atoms with Gasteiger partial charge in [0, 0.05) is 6.26 Å². The number of hydrogen-bond acceptors (Lipinski definition) is 2. The fraction of sp³-hybridized carbons (Fsp3) is 0.667. The Hall–Kier alpha value is -0.310. The van der Waals surface area contributed by atoms with Crippen LogP contribution in [0.5, 0.6) is 0 Å². The van der Waals surface area contributed by atoms with Crippen LogP contribution in [0.2, 0.25) is 0 Å². The fourth-order valence-corrected chi connectivity index (χ4v) is 1.86. The molecule has 0 aromatic heterocycles. The van der Waals surface area contributed by atoms with E-state index in [-0.39, 0.29) is 5.25 Å². The summed E-state index contributed by atoms with van der Waals surface area (Å²) in [6.07, 6.45) is 6.56. The Morgan fingerprint density at radius 2 is 1.78 bits per heavy atom. The third kappa shape index (κ3) is 1.55. The van der Waals surface area contributed by atoms with Crippen LogP contribution < -0.4 is 0 Å². The Morgan fingerprint density at radius 3 is 2.00 bits per heavy atom. The Balaban J connectivity index is 2.68. The molecule has 1 aliphatic rings. The molecule has 0 radical (unpaired) electrons. The van der Waals surface area contributed by atoms with E-state index < -0.39 is 9.84 Å². The summed E-state index contributed by atoms with van der Waals surface area (Å²) >= 11 is 0. The second-order valence-corrected chi connectivity index (χ2v) is 4.72. The van der Waals surface area contributed by atoms with Crippen molar-refractivity contribution in [2.45, 2.75) is 18.1 Å². The third-order valence-corrected chi connectivity index (χ3v) is 3.17. The Labute approximate surface area is 55.5 Å². The standard InChI is InChI=1S/C6H10O2S/c1-9(7,8)6-4-2-3-5-6/h2-3,6H,4-5H2,1H3. The topological polar surface area (TPSA) is 34.1 Å². The zero-order chi connectivity index (χ0) is 6.91. The van der Waals surface area contributed by atoms with E-state index >= 15 is 0 Å². The van der Waals surface area contributed by atoms with Crippen molar-refractivity contribution in [2.75, 3.05) is 6.26 Å². The van der Waals surface area contributed by atoms with Crippen LogP contribution in [0.4, 0.5) is 0 Å². The monoisotopic (exact) mass is 146 g/mol. The van der Waals surface area contributed by atoms with Crippen molar-refractivity contribution in [1.82, 2.24) is 0 Å². The molecule has 0 N–H and O–H groups in total. The molecule has 0 spiro atoms. The van der Waals surface area contributed by atoms with Crippen LogP contribution in [-0.4, -0.2) is 19.9 Å². The first-order chi connectivity index (χ1) is 4.11. The second kappa shape index (κ2) is 2.14. The smallest absolute Gasteiger partial charge is 0.150 e. The lowest BCUT2D eigenvalue weighted by atomic mass is 10.4. The summed E-state index contributed by atoms with van der Waals surface area (Å²) < 4.78 is 21.6. The van der Waals surface area contributed by atoms with E-state index in [4.69, 9.17) is 0 Å². The first-order valence-electron chi connectivity index (χ1n) is 2.94. The lowest BCUT2D eigenvalue weighted by Gasteiger charge is -2.03. The van der Waals surface area contributed by atoms with Gasteiger partial charge in [-0.25, -0.2) is 8.42 Å². The second-order valence-electron chi connectivity index (χ2n) is 2.39. The highest BCUT2D eigenvalue weighted by Crippen LogP contribution is 2.16. The minimum atomic E-state index is -2.77. The van der Waals surface area contributed by atoms with Crippen LogP contribution in [0, 0.1) is 0 Å². The summed E-state index contributed by atoms with van der Waals surface area (Å²) in [6.45, 7) is 0. The van der Waals surface area contributed by atoms with E-state index in [9.17, 15) is 8.42 Å². The maximum absolute atomic E-state index is 10.8. The molecule has 0 fully saturated rings.